The highest BCUT2D eigenvalue weighted by atomic mass is 35.5. The molecule has 0 fully saturated rings. The van der Waals surface area contributed by atoms with E-state index in [1.807, 2.05) is 0 Å². The monoisotopic (exact) mass is 294 g/mol. The molecule has 0 aliphatic heterocycles. The molecule has 4 N–H and O–H groups in total. The van der Waals surface area contributed by atoms with Gasteiger partial charge in [0.05, 0.1) is 5.02 Å². The lowest BCUT2D eigenvalue weighted by atomic mass is 10.1. The van der Waals surface area contributed by atoms with E-state index in [9.17, 15) is 9.18 Å². The van der Waals surface area contributed by atoms with E-state index in [0.29, 0.717) is 22.6 Å². The van der Waals surface area contributed by atoms with Crippen molar-refractivity contribution in [3.05, 3.63) is 58.4 Å². The first-order valence-electron chi connectivity index (χ1n) is 5.73. The fourth-order valence-corrected chi connectivity index (χ4v) is 1.72. The lowest BCUT2D eigenvalue weighted by molar-refractivity contribution is 0.100. The summed E-state index contributed by atoms with van der Waals surface area (Å²) in [5, 5.41) is 0.0303. The minimum Gasteiger partial charge on any atom is -0.489 e. The van der Waals surface area contributed by atoms with Crippen LogP contribution in [0.4, 0.5) is 10.1 Å². The summed E-state index contributed by atoms with van der Waals surface area (Å²) in [5.41, 5.74) is 12.3. The topological polar surface area (TPSA) is 78.3 Å². The smallest absolute Gasteiger partial charge is 0.248 e. The minimum absolute atomic E-state index is 0.0303. The molecule has 2 aromatic rings. The Morgan fingerprint density at radius 2 is 2.00 bits per heavy atom. The molecule has 0 aromatic heterocycles. The van der Waals surface area contributed by atoms with Crippen LogP contribution in [0, 0.1) is 5.82 Å². The van der Waals surface area contributed by atoms with Gasteiger partial charge in [0.25, 0.3) is 0 Å². The number of carbonyl (C=O) groups excluding carboxylic acids is 1. The van der Waals surface area contributed by atoms with Crippen LogP contribution in [0.5, 0.6) is 5.75 Å². The maximum atomic E-state index is 13.2. The lowest BCUT2D eigenvalue weighted by Gasteiger charge is -2.09. The van der Waals surface area contributed by atoms with E-state index in [1.165, 1.54) is 18.2 Å². The first-order chi connectivity index (χ1) is 9.47. The summed E-state index contributed by atoms with van der Waals surface area (Å²) >= 11 is 5.58. The predicted molar refractivity (Wildman–Crippen MR) is 75.1 cm³/mol. The quantitative estimate of drug-likeness (QED) is 0.851. The molecule has 0 saturated heterocycles. The van der Waals surface area contributed by atoms with E-state index in [2.05, 4.69) is 0 Å². The minimum atomic E-state index is -0.554. The van der Waals surface area contributed by atoms with E-state index >= 15 is 0 Å². The van der Waals surface area contributed by atoms with Crippen LogP contribution in [-0.2, 0) is 6.61 Å². The standard InChI is InChI=1S/C14H12ClFN2O2/c15-11-4-3-10(6-12(11)16)20-7-9-2-1-8(14(18)19)5-13(9)17/h1-6H,7,17H2,(H2,18,19). The van der Waals surface area contributed by atoms with Crippen LogP contribution in [0.1, 0.15) is 15.9 Å². The molecule has 6 heteroatoms. The molecule has 0 heterocycles. The molecule has 2 rings (SSSR count). The molecular formula is C14H12ClFN2O2. The highest BCUT2D eigenvalue weighted by Crippen LogP contribution is 2.22. The normalized spacial score (nSPS) is 10.3. The highest BCUT2D eigenvalue weighted by Gasteiger charge is 2.07. The zero-order valence-electron chi connectivity index (χ0n) is 10.4. The van der Waals surface area contributed by atoms with Gasteiger partial charge in [0.15, 0.2) is 0 Å². The van der Waals surface area contributed by atoms with Crippen molar-refractivity contribution in [3.8, 4) is 5.75 Å². The number of hydrogen-bond acceptors (Lipinski definition) is 3. The number of carbonyl (C=O) groups is 1. The van der Waals surface area contributed by atoms with E-state index in [-0.39, 0.29) is 11.6 Å². The number of ether oxygens (including phenoxy) is 1. The van der Waals surface area contributed by atoms with Crippen molar-refractivity contribution in [2.24, 2.45) is 5.73 Å². The summed E-state index contributed by atoms with van der Waals surface area (Å²) < 4.78 is 18.7. The van der Waals surface area contributed by atoms with Gasteiger partial charge in [0, 0.05) is 22.9 Å². The number of primary amides is 1. The van der Waals surface area contributed by atoms with Crippen molar-refractivity contribution in [2.75, 3.05) is 5.73 Å². The molecule has 0 spiro atoms. The second-order valence-electron chi connectivity index (χ2n) is 4.14. The number of amides is 1. The van der Waals surface area contributed by atoms with Crippen LogP contribution in [0.25, 0.3) is 0 Å². The molecule has 4 nitrogen and oxygen atoms in total. The summed E-state index contributed by atoms with van der Waals surface area (Å²) in [7, 11) is 0. The van der Waals surface area contributed by atoms with Crippen LogP contribution in [0.2, 0.25) is 5.02 Å². The van der Waals surface area contributed by atoms with Crippen molar-refractivity contribution >= 4 is 23.2 Å². The van der Waals surface area contributed by atoms with Gasteiger partial charge in [-0.2, -0.15) is 0 Å². The fraction of sp³-hybridized carbons (Fsp3) is 0.0714. The van der Waals surface area contributed by atoms with Crippen molar-refractivity contribution in [2.45, 2.75) is 6.61 Å². The number of rotatable bonds is 4. The second kappa shape index (κ2) is 5.79. The average molecular weight is 295 g/mol. The number of hydrogen-bond donors (Lipinski definition) is 2. The van der Waals surface area contributed by atoms with Crippen LogP contribution >= 0.6 is 11.6 Å². The highest BCUT2D eigenvalue weighted by molar-refractivity contribution is 6.30. The Morgan fingerprint density at radius 1 is 1.25 bits per heavy atom. The number of halogens is 2. The summed E-state index contributed by atoms with van der Waals surface area (Å²) in [6.07, 6.45) is 0. The van der Waals surface area contributed by atoms with Gasteiger partial charge in [-0.3, -0.25) is 4.79 Å². The van der Waals surface area contributed by atoms with E-state index in [4.69, 9.17) is 27.8 Å². The molecule has 20 heavy (non-hydrogen) atoms. The molecule has 0 atom stereocenters. The number of anilines is 1. The van der Waals surface area contributed by atoms with Crippen molar-refractivity contribution < 1.29 is 13.9 Å². The third kappa shape index (κ3) is 3.19. The average Bonchev–Trinajstić information content (AvgIpc) is 2.41. The first-order valence-corrected chi connectivity index (χ1v) is 6.11. The zero-order valence-corrected chi connectivity index (χ0v) is 11.2. The zero-order chi connectivity index (χ0) is 14.7. The Bertz CT molecular complexity index is 662. The third-order valence-corrected chi connectivity index (χ3v) is 3.02. The Hall–Kier alpha value is -2.27. The third-order valence-electron chi connectivity index (χ3n) is 2.72. The molecule has 0 bridgehead atoms. The maximum Gasteiger partial charge on any atom is 0.248 e. The Labute approximate surface area is 120 Å². The van der Waals surface area contributed by atoms with Gasteiger partial charge < -0.3 is 16.2 Å². The van der Waals surface area contributed by atoms with Crippen LogP contribution < -0.4 is 16.2 Å². The summed E-state index contributed by atoms with van der Waals surface area (Å²) in [4.78, 5) is 11.0. The largest absolute Gasteiger partial charge is 0.489 e. The molecule has 0 unspecified atom stereocenters. The molecule has 0 aliphatic rings. The van der Waals surface area contributed by atoms with Crippen LogP contribution in [0.15, 0.2) is 36.4 Å². The fourth-order valence-electron chi connectivity index (χ4n) is 1.61. The van der Waals surface area contributed by atoms with Gasteiger partial charge in [-0.15, -0.1) is 0 Å². The van der Waals surface area contributed by atoms with Crippen molar-refractivity contribution in [1.29, 1.82) is 0 Å². The SMILES string of the molecule is NC(=O)c1ccc(COc2ccc(Cl)c(F)c2)c(N)c1. The van der Waals surface area contributed by atoms with Crippen LogP contribution in [0.3, 0.4) is 0 Å². The number of nitrogen functional groups attached to an aromatic ring is 1. The predicted octanol–water partition coefficient (Wildman–Crippen LogP) is 2.74. The molecule has 0 saturated carbocycles. The number of benzene rings is 2. The van der Waals surface area contributed by atoms with Gasteiger partial charge in [0.2, 0.25) is 5.91 Å². The Kier molecular flexibility index (Phi) is 4.10. The molecule has 104 valence electrons. The van der Waals surface area contributed by atoms with Gasteiger partial charge in [0.1, 0.15) is 18.2 Å². The van der Waals surface area contributed by atoms with Gasteiger partial charge in [-0.1, -0.05) is 17.7 Å². The van der Waals surface area contributed by atoms with E-state index < -0.39 is 11.7 Å². The molecule has 0 aliphatic carbocycles. The van der Waals surface area contributed by atoms with Gasteiger partial charge in [-0.05, 0) is 24.3 Å². The summed E-state index contributed by atoms with van der Waals surface area (Å²) in [6, 6.07) is 8.83. The molecule has 2 aromatic carbocycles. The van der Waals surface area contributed by atoms with Crippen molar-refractivity contribution in [1.82, 2.24) is 0 Å². The van der Waals surface area contributed by atoms with Crippen molar-refractivity contribution in [3.63, 3.8) is 0 Å². The Morgan fingerprint density at radius 3 is 2.60 bits per heavy atom. The first kappa shape index (κ1) is 14.1. The maximum absolute atomic E-state index is 13.2. The van der Waals surface area contributed by atoms with Crippen LogP contribution in [-0.4, -0.2) is 5.91 Å². The summed E-state index contributed by atoms with van der Waals surface area (Å²) in [6.45, 7) is 0.145. The van der Waals surface area contributed by atoms with Gasteiger partial charge in [-0.25, -0.2) is 4.39 Å². The van der Waals surface area contributed by atoms with Gasteiger partial charge >= 0.3 is 0 Å². The molecular weight excluding hydrogens is 283 g/mol. The lowest BCUT2D eigenvalue weighted by Crippen LogP contribution is -2.12. The summed E-state index contributed by atoms with van der Waals surface area (Å²) in [5.74, 6) is -0.768. The molecule has 1 amide bonds. The Balaban J connectivity index is 2.10. The molecule has 0 radical (unpaired) electrons. The number of nitrogens with two attached hydrogens (primary N) is 2. The van der Waals surface area contributed by atoms with E-state index in [1.54, 1.807) is 18.2 Å². The van der Waals surface area contributed by atoms with E-state index in [0.717, 1.165) is 0 Å². The second-order valence-corrected chi connectivity index (χ2v) is 4.55.